The van der Waals surface area contributed by atoms with Gasteiger partial charge in [0.2, 0.25) is 17.6 Å². The third-order valence-electron chi connectivity index (χ3n) is 8.12. The minimum absolute atomic E-state index is 0. The van der Waals surface area contributed by atoms with E-state index >= 15 is 8.78 Å². The lowest BCUT2D eigenvalue weighted by Gasteiger charge is -2.52. The number of piperidine rings is 1. The molecule has 2 aromatic heterocycles. The zero-order valence-electron chi connectivity index (χ0n) is 22.5. The Kier molecular flexibility index (Phi) is 8.12. The molecule has 0 unspecified atom stereocenters. The monoisotopic (exact) mass is 561 g/mol. The smallest absolute Gasteiger partial charge is 0.230 e. The number of pyridine rings is 1. The van der Waals surface area contributed by atoms with Crippen molar-refractivity contribution in [3.63, 3.8) is 0 Å². The summed E-state index contributed by atoms with van der Waals surface area (Å²) in [6.07, 6.45) is 4.54. The minimum atomic E-state index is -1.73. The molecule has 210 valence electrons. The average Bonchev–Trinajstić information content (AvgIpc) is 3.36. The third kappa shape index (κ3) is 5.05. The van der Waals surface area contributed by atoms with E-state index < -0.39 is 22.7 Å². The van der Waals surface area contributed by atoms with Gasteiger partial charge >= 0.3 is 0 Å². The van der Waals surface area contributed by atoms with Crippen molar-refractivity contribution >= 4 is 18.3 Å². The number of rotatable bonds is 6. The third-order valence-corrected chi connectivity index (χ3v) is 8.12. The molecule has 2 saturated heterocycles. The number of aliphatic hydroxyl groups is 1. The van der Waals surface area contributed by atoms with Crippen LogP contribution in [0.3, 0.4) is 0 Å². The fourth-order valence-corrected chi connectivity index (χ4v) is 5.68. The van der Waals surface area contributed by atoms with Crippen LogP contribution in [0.2, 0.25) is 0 Å². The van der Waals surface area contributed by atoms with Crippen LogP contribution >= 0.6 is 12.4 Å². The first-order valence-electron chi connectivity index (χ1n) is 13.0. The predicted molar refractivity (Wildman–Crippen MR) is 143 cm³/mol. The van der Waals surface area contributed by atoms with Crippen LogP contribution in [-0.4, -0.2) is 57.2 Å². The maximum atomic E-state index is 15.1. The second-order valence-electron chi connectivity index (χ2n) is 11.1. The Labute approximate surface area is 232 Å². The molecule has 1 amide bonds. The van der Waals surface area contributed by atoms with Gasteiger partial charge in [0.1, 0.15) is 17.2 Å². The minimum Gasteiger partial charge on any atom is -0.380 e. The number of nitrogens with one attached hydrogen (secondary N) is 1. The number of hydrogen-bond acceptors (Lipinski definition) is 7. The summed E-state index contributed by atoms with van der Waals surface area (Å²) in [5, 5.41) is 19.6. The van der Waals surface area contributed by atoms with Gasteiger partial charge in [0.15, 0.2) is 0 Å². The molecule has 1 aromatic carbocycles. The molecule has 0 radical (unpaired) electrons. The van der Waals surface area contributed by atoms with Crippen LogP contribution in [0.1, 0.15) is 75.0 Å². The number of hydrogen-bond donors (Lipinski definition) is 2. The molecule has 2 aliphatic rings. The number of amides is 1. The van der Waals surface area contributed by atoms with Gasteiger partial charge in [0.05, 0.1) is 0 Å². The Hall–Kier alpha value is -2.95. The summed E-state index contributed by atoms with van der Waals surface area (Å²) in [4.78, 5) is 22.4. The number of benzene rings is 1. The lowest BCUT2D eigenvalue weighted by atomic mass is 9.62. The summed E-state index contributed by atoms with van der Waals surface area (Å²) in [6, 6.07) is 4.17. The number of nitrogens with zero attached hydrogens (tertiary/aromatic N) is 4. The average molecular weight is 562 g/mol. The van der Waals surface area contributed by atoms with Crippen LogP contribution < -0.4 is 5.32 Å². The Morgan fingerprint density at radius 1 is 1.15 bits per heavy atom. The maximum absolute atomic E-state index is 15.1. The van der Waals surface area contributed by atoms with Crippen molar-refractivity contribution in [1.29, 1.82) is 0 Å². The van der Waals surface area contributed by atoms with Crippen LogP contribution in [0.5, 0.6) is 0 Å². The van der Waals surface area contributed by atoms with Crippen molar-refractivity contribution in [3.8, 4) is 11.4 Å². The highest BCUT2D eigenvalue weighted by Gasteiger charge is 2.53. The number of carbonyl (C=O) groups excluding carboxylic acids is 1. The molecule has 2 aliphatic heterocycles. The first-order valence-corrected chi connectivity index (χ1v) is 13.0. The van der Waals surface area contributed by atoms with Crippen molar-refractivity contribution in [2.45, 2.75) is 58.0 Å². The van der Waals surface area contributed by atoms with E-state index in [9.17, 15) is 9.90 Å². The van der Waals surface area contributed by atoms with Crippen molar-refractivity contribution < 1.29 is 23.2 Å². The highest BCUT2D eigenvalue weighted by molar-refractivity contribution is 5.85. The highest BCUT2D eigenvalue weighted by Crippen LogP contribution is 2.48. The van der Waals surface area contributed by atoms with Crippen LogP contribution in [-0.2, 0) is 10.4 Å². The molecule has 4 heterocycles. The molecule has 3 aromatic rings. The Balaban J connectivity index is 0.00000353. The summed E-state index contributed by atoms with van der Waals surface area (Å²) < 4.78 is 35.7. The Morgan fingerprint density at radius 3 is 2.33 bits per heavy atom. The second kappa shape index (κ2) is 10.9. The standard InChI is InChI=1S/C28H33F2N5O3.ClH/c1-16(2)24-22(29)10-20(11-23(24)30)28(37,27(4)14-32-15-27)21-9-19(12-31-13-21)25-33-26(38-34-25)18-5-7-35(8-6-18)17(3)36;/h9-13,16,18,32,37H,5-8,14-15H2,1-4H3;1H/t28-;/m0./s1. The van der Waals surface area contributed by atoms with Gasteiger partial charge in [-0.05, 0) is 42.5 Å². The van der Waals surface area contributed by atoms with E-state index in [0.717, 1.165) is 12.8 Å². The van der Waals surface area contributed by atoms with Gasteiger partial charge in [-0.25, -0.2) is 8.78 Å². The summed E-state index contributed by atoms with van der Waals surface area (Å²) in [6.45, 7) is 9.07. The lowest BCUT2D eigenvalue weighted by molar-refractivity contribution is -0.129. The lowest BCUT2D eigenvalue weighted by Crippen LogP contribution is -2.63. The molecule has 0 spiro atoms. The van der Waals surface area contributed by atoms with E-state index in [1.807, 2.05) is 6.92 Å². The highest BCUT2D eigenvalue weighted by atomic mass is 35.5. The summed E-state index contributed by atoms with van der Waals surface area (Å²) in [5.41, 5.74) is -1.44. The normalized spacial score (nSPS) is 18.8. The number of aromatic nitrogens is 3. The molecule has 0 saturated carbocycles. The first-order chi connectivity index (χ1) is 18.0. The molecule has 39 heavy (non-hydrogen) atoms. The fraction of sp³-hybridized carbons (Fsp3) is 0.500. The number of carbonyl (C=O) groups is 1. The van der Waals surface area contributed by atoms with E-state index in [2.05, 4.69) is 20.4 Å². The summed E-state index contributed by atoms with van der Waals surface area (Å²) in [7, 11) is 0. The van der Waals surface area contributed by atoms with Gasteiger partial charge < -0.3 is 19.8 Å². The van der Waals surface area contributed by atoms with Gasteiger partial charge in [-0.15, -0.1) is 12.4 Å². The second-order valence-corrected chi connectivity index (χ2v) is 11.1. The van der Waals surface area contributed by atoms with Gasteiger partial charge in [-0.2, -0.15) is 4.98 Å². The maximum Gasteiger partial charge on any atom is 0.230 e. The molecule has 8 nitrogen and oxygen atoms in total. The van der Waals surface area contributed by atoms with E-state index in [1.54, 1.807) is 37.9 Å². The van der Waals surface area contributed by atoms with Crippen molar-refractivity contribution in [2.24, 2.45) is 5.41 Å². The van der Waals surface area contributed by atoms with Gasteiger partial charge in [0.25, 0.3) is 0 Å². The van der Waals surface area contributed by atoms with Crippen LogP contribution in [0.25, 0.3) is 11.4 Å². The Bertz CT molecular complexity index is 1330. The molecular formula is C28H34ClF2N5O3. The van der Waals surface area contributed by atoms with E-state index in [4.69, 9.17) is 4.52 Å². The fourth-order valence-electron chi connectivity index (χ4n) is 5.68. The van der Waals surface area contributed by atoms with Crippen LogP contribution in [0.4, 0.5) is 8.78 Å². The number of halogens is 3. The zero-order valence-corrected chi connectivity index (χ0v) is 23.3. The molecule has 1 atom stereocenters. The Morgan fingerprint density at radius 2 is 1.79 bits per heavy atom. The predicted octanol–water partition coefficient (Wildman–Crippen LogP) is 4.53. The molecule has 2 fully saturated rings. The molecular weight excluding hydrogens is 528 g/mol. The van der Waals surface area contributed by atoms with Crippen molar-refractivity contribution in [1.82, 2.24) is 25.3 Å². The number of likely N-dealkylation sites (tertiary alicyclic amines) is 1. The molecule has 0 aliphatic carbocycles. The quantitative estimate of drug-likeness (QED) is 0.456. The SMILES string of the molecule is CC(=O)N1CCC(c2nc(-c3cncc([C@@](O)(c4cc(F)c(C(C)C)c(F)c4)C4(C)CNC4)c3)no2)CC1.Cl. The summed E-state index contributed by atoms with van der Waals surface area (Å²) >= 11 is 0. The van der Waals surface area contributed by atoms with Crippen molar-refractivity contribution in [3.05, 3.63) is 64.8 Å². The summed E-state index contributed by atoms with van der Waals surface area (Å²) in [5.74, 6) is -0.809. The van der Waals surface area contributed by atoms with E-state index in [0.29, 0.717) is 49.0 Å². The molecule has 11 heteroatoms. The molecule has 5 rings (SSSR count). The van der Waals surface area contributed by atoms with Crippen LogP contribution in [0, 0.1) is 17.0 Å². The first kappa shape index (κ1) is 29.0. The van der Waals surface area contributed by atoms with E-state index in [-0.39, 0.29) is 41.3 Å². The van der Waals surface area contributed by atoms with Crippen LogP contribution in [0.15, 0.2) is 35.1 Å². The van der Waals surface area contributed by atoms with E-state index in [1.165, 1.54) is 18.3 Å². The molecule has 2 N–H and O–H groups in total. The van der Waals surface area contributed by atoms with Gasteiger partial charge in [0, 0.05) is 73.5 Å². The topological polar surface area (TPSA) is 104 Å². The van der Waals surface area contributed by atoms with Gasteiger partial charge in [-0.3, -0.25) is 9.78 Å². The zero-order chi connectivity index (χ0) is 27.2. The molecule has 0 bridgehead atoms. The van der Waals surface area contributed by atoms with Crippen molar-refractivity contribution in [2.75, 3.05) is 26.2 Å². The largest absolute Gasteiger partial charge is 0.380 e. The van der Waals surface area contributed by atoms with Gasteiger partial charge in [-0.1, -0.05) is 25.9 Å².